The molecule has 0 aliphatic carbocycles. The van der Waals surface area contributed by atoms with Crippen LogP contribution in [0.2, 0.25) is 0 Å². The largest absolute Gasteiger partial charge is 0.247 e. The first-order chi connectivity index (χ1) is 5.00. The molecule has 0 amide bonds. The smallest absolute Gasteiger partial charge is 0.101 e. The van der Waals surface area contributed by atoms with Crippen molar-refractivity contribution in [1.29, 1.82) is 5.26 Å². The highest BCUT2D eigenvalue weighted by atomic mass is 127. The van der Waals surface area contributed by atoms with E-state index in [1.54, 1.807) is 6.92 Å². The van der Waals surface area contributed by atoms with Crippen LogP contribution in [-0.4, -0.2) is 10.1 Å². The van der Waals surface area contributed by atoms with Crippen LogP contribution in [0.5, 0.6) is 0 Å². The Bertz CT molecular complexity index is 183. The zero-order valence-electron chi connectivity index (χ0n) is 6.64. The molecule has 62 valence electrons. The summed E-state index contributed by atoms with van der Waals surface area (Å²) in [6.45, 7) is 6.82. The molecule has 11 heavy (non-hydrogen) atoms. The minimum absolute atomic E-state index is 0.0856. The highest BCUT2D eigenvalue weighted by molar-refractivity contribution is 14.1. The average Bonchev–Trinajstić information content (AvgIpc) is 2.00. The maximum Gasteiger partial charge on any atom is 0.101 e. The third kappa shape index (κ3) is 3.19. The second kappa shape index (κ2) is 4.70. The van der Waals surface area contributed by atoms with E-state index in [9.17, 15) is 4.39 Å². The van der Waals surface area contributed by atoms with Gasteiger partial charge in [0, 0.05) is 11.5 Å². The van der Waals surface area contributed by atoms with E-state index in [-0.39, 0.29) is 9.84 Å². The summed E-state index contributed by atoms with van der Waals surface area (Å²) in [6, 6.07) is 1.93. The zero-order chi connectivity index (χ0) is 9.02. The van der Waals surface area contributed by atoms with Gasteiger partial charge in [-0.05, 0) is 6.92 Å². The van der Waals surface area contributed by atoms with Crippen molar-refractivity contribution in [3.05, 3.63) is 12.2 Å². The Kier molecular flexibility index (Phi) is 4.66. The number of nitriles is 1. The number of hydrogen-bond donors (Lipinski definition) is 0. The molecule has 0 bridgehead atoms. The Hall–Kier alpha value is -0.110. The van der Waals surface area contributed by atoms with Gasteiger partial charge in [0.15, 0.2) is 0 Å². The highest BCUT2D eigenvalue weighted by Crippen LogP contribution is 2.24. The maximum absolute atomic E-state index is 12.7. The van der Waals surface area contributed by atoms with Crippen LogP contribution in [0, 0.1) is 17.2 Å². The summed E-state index contributed by atoms with van der Waals surface area (Å²) in [7, 11) is 0. The number of halogens is 2. The lowest BCUT2D eigenvalue weighted by Crippen LogP contribution is -2.20. The number of hydrogen-bond acceptors (Lipinski definition) is 1. The van der Waals surface area contributed by atoms with E-state index >= 15 is 0 Å². The van der Waals surface area contributed by atoms with E-state index in [0.717, 1.165) is 0 Å². The Balaban J connectivity index is 4.15. The minimum atomic E-state index is -0.887. The van der Waals surface area contributed by atoms with Gasteiger partial charge in [0.1, 0.15) is 6.17 Å². The van der Waals surface area contributed by atoms with Crippen molar-refractivity contribution in [3.8, 4) is 6.07 Å². The molecule has 0 aromatic heterocycles. The fraction of sp³-hybridized carbons (Fsp3) is 0.625. The lowest BCUT2D eigenvalue weighted by molar-refractivity contribution is 0.271. The zero-order valence-corrected chi connectivity index (χ0v) is 8.80. The fourth-order valence-electron chi connectivity index (χ4n) is 0.612. The summed E-state index contributed by atoms with van der Waals surface area (Å²) in [4.78, 5) is 0. The molecule has 0 aromatic rings. The van der Waals surface area contributed by atoms with E-state index < -0.39 is 6.17 Å². The highest BCUT2D eigenvalue weighted by Gasteiger charge is 2.21. The van der Waals surface area contributed by atoms with Crippen LogP contribution in [0.4, 0.5) is 4.39 Å². The monoisotopic (exact) mass is 267 g/mol. The van der Waals surface area contributed by atoms with Crippen molar-refractivity contribution in [2.45, 2.75) is 23.9 Å². The van der Waals surface area contributed by atoms with Gasteiger partial charge in [0.2, 0.25) is 0 Å². The SMILES string of the molecule is C=C(C#N)C(I)[C@H](C)[C@H](C)F. The first-order valence-corrected chi connectivity index (χ1v) is 4.62. The molecule has 0 N–H and O–H groups in total. The van der Waals surface area contributed by atoms with Gasteiger partial charge in [-0.2, -0.15) is 5.26 Å². The third-order valence-electron chi connectivity index (χ3n) is 1.66. The van der Waals surface area contributed by atoms with Crippen LogP contribution in [-0.2, 0) is 0 Å². The topological polar surface area (TPSA) is 23.8 Å². The van der Waals surface area contributed by atoms with Gasteiger partial charge in [0.25, 0.3) is 0 Å². The van der Waals surface area contributed by atoms with Gasteiger partial charge in [-0.15, -0.1) is 0 Å². The van der Waals surface area contributed by atoms with Gasteiger partial charge in [-0.3, -0.25) is 0 Å². The normalized spacial score (nSPS) is 18.1. The summed E-state index contributed by atoms with van der Waals surface area (Å²) in [5.74, 6) is -0.136. The van der Waals surface area contributed by atoms with Crippen LogP contribution < -0.4 is 0 Å². The Morgan fingerprint density at radius 2 is 2.09 bits per heavy atom. The summed E-state index contributed by atoms with van der Waals surface area (Å²) < 4.78 is 12.6. The summed E-state index contributed by atoms with van der Waals surface area (Å²) in [5, 5.41) is 8.46. The summed E-state index contributed by atoms with van der Waals surface area (Å²) in [6.07, 6.45) is -0.887. The molecular weight excluding hydrogens is 256 g/mol. The van der Waals surface area contributed by atoms with E-state index in [1.807, 2.05) is 28.7 Å². The molecule has 0 aromatic carbocycles. The van der Waals surface area contributed by atoms with E-state index in [1.165, 1.54) is 6.92 Å². The van der Waals surface area contributed by atoms with E-state index in [4.69, 9.17) is 5.26 Å². The first-order valence-electron chi connectivity index (χ1n) is 3.37. The molecule has 0 rings (SSSR count). The lowest BCUT2D eigenvalue weighted by atomic mass is 9.99. The molecule has 0 spiro atoms. The molecule has 0 aliphatic rings. The van der Waals surface area contributed by atoms with Gasteiger partial charge in [-0.1, -0.05) is 36.1 Å². The van der Waals surface area contributed by atoms with Crippen molar-refractivity contribution in [1.82, 2.24) is 0 Å². The van der Waals surface area contributed by atoms with Crippen LogP contribution in [0.15, 0.2) is 12.2 Å². The number of alkyl halides is 2. The summed E-state index contributed by atoms with van der Waals surface area (Å²) >= 11 is 2.05. The van der Waals surface area contributed by atoms with Crippen LogP contribution in [0.3, 0.4) is 0 Å². The standard InChI is InChI=1S/C8H11FIN/c1-5(4-11)8(10)6(2)7(3)9/h6-8H,1H2,2-3H3/t6-,7+,8?/m1/s1. The molecule has 3 heteroatoms. The third-order valence-corrected chi connectivity index (χ3v) is 3.55. The van der Waals surface area contributed by atoms with Crippen LogP contribution in [0.1, 0.15) is 13.8 Å². The van der Waals surface area contributed by atoms with Crippen molar-refractivity contribution < 1.29 is 4.39 Å². The second-order valence-corrected chi connectivity index (χ2v) is 3.92. The predicted molar refractivity (Wildman–Crippen MR) is 52.3 cm³/mol. The Labute approximate surface area is 80.4 Å². The quantitative estimate of drug-likeness (QED) is 0.438. The van der Waals surface area contributed by atoms with Crippen LogP contribution in [0.25, 0.3) is 0 Å². The van der Waals surface area contributed by atoms with Crippen molar-refractivity contribution in [3.63, 3.8) is 0 Å². The van der Waals surface area contributed by atoms with Crippen LogP contribution >= 0.6 is 22.6 Å². The van der Waals surface area contributed by atoms with Gasteiger partial charge in [0.05, 0.1) is 9.99 Å². The first kappa shape index (κ1) is 10.9. The molecule has 0 aliphatic heterocycles. The second-order valence-electron chi connectivity index (χ2n) is 2.58. The molecule has 0 fully saturated rings. The van der Waals surface area contributed by atoms with Crippen molar-refractivity contribution >= 4 is 22.6 Å². The molecule has 0 radical (unpaired) electrons. The number of allylic oxidation sites excluding steroid dienone is 1. The molecule has 0 heterocycles. The Morgan fingerprint density at radius 3 is 2.36 bits per heavy atom. The minimum Gasteiger partial charge on any atom is -0.247 e. The van der Waals surface area contributed by atoms with Gasteiger partial charge in [-0.25, -0.2) is 4.39 Å². The van der Waals surface area contributed by atoms with Crippen molar-refractivity contribution in [2.75, 3.05) is 0 Å². The number of rotatable bonds is 3. The molecule has 0 saturated carbocycles. The Morgan fingerprint density at radius 1 is 1.64 bits per heavy atom. The number of nitrogens with zero attached hydrogens (tertiary/aromatic N) is 1. The van der Waals surface area contributed by atoms with Crippen molar-refractivity contribution in [2.24, 2.45) is 5.92 Å². The van der Waals surface area contributed by atoms with E-state index in [2.05, 4.69) is 6.58 Å². The lowest BCUT2D eigenvalue weighted by Gasteiger charge is -2.17. The van der Waals surface area contributed by atoms with Gasteiger partial charge < -0.3 is 0 Å². The van der Waals surface area contributed by atoms with E-state index in [0.29, 0.717) is 5.57 Å². The molecule has 1 nitrogen and oxygen atoms in total. The molecule has 1 unspecified atom stereocenters. The molecular formula is C8H11FIN. The fourth-order valence-corrected chi connectivity index (χ4v) is 1.32. The molecule has 0 saturated heterocycles. The van der Waals surface area contributed by atoms with Gasteiger partial charge >= 0.3 is 0 Å². The predicted octanol–water partition coefficient (Wildman–Crippen LogP) is 2.86. The molecule has 3 atom stereocenters. The average molecular weight is 267 g/mol. The summed E-state index contributed by atoms with van der Waals surface area (Å²) in [5.41, 5.74) is 0.447. The maximum atomic E-state index is 12.7.